The minimum atomic E-state index is -3.94. The minimum absolute atomic E-state index is 0.0112. The summed E-state index contributed by atoms with van der Waals surface area (Å²) in [6.45, 7) is -0.0112. The molecule has 0 aliphatic carbocycles. The Hall–Kier alpha value is -2.06. The standard InChI is InChI=1S/C14H15F2N3O2S/c1-19(2)14-10(4-3-7-17-14)9-18-22(20,21)11-5-6-12(15)13(16)8-11/h3-8,18H,9H2,1-2H3. The number of pyridine rings is 1. The molecule has 0 bridgehead atoms. The topological polar surface area (TPSA) is 62.3 Å². The Balaban J connectivity index is 2.22. The van der Waals surface area contributed by atoms with Gasteiger partial charge in [0.05, 0.1) is 4.90 Å². The van der Waals surface area contributed by atoms with Gasteiger partial charge in [0, 0.05) is 32.4 Å². The molecule has 22 heavy (non-hydrogen) atoms. The number of benzene rings is 1. The lowest BCUT2D eigenvalue weighted by Crippen LogP contribution is -2.25. The Bertz CT molecular complexity index is 779. The first-order valence-corrected chi connectivity index (χ1v) is 7.85. The summed E-state index contributed by atoms with van der Waals surface area (Å²) in [5.74, 6) is -1.69. The molecule has 1 N–H and O–H groups in total. The first-order chi connectivity index (χ1) is 10.3. The zero-order valence-corrected chi connectivity index (χ0v) is 12.9. The number of hydrogen-bond acceptors (Lipinski definition) is 4. The van der Waals surface area contributed by atoms with Crippen LogP contribution in [0.1, 0.15) is 5.56 Å². The van der Waals surface area contributed by atoms with Crippen molar-refractivity contribution in [2.75, 3.05) is 19.0 Å². The lowest BCUT2D eigenvalue weighted by molar-refractivity contribution is 0.504. The Kier molecular flexibility index (Phi) is 4.72. The van der Waals surface area contributed by atoms with Crippen molar-refractivity contribution in [2.24, 2.45) is 0 Å². The van der Waals surface area contributed by atoms with Crippen molar-refractivity contribution in [1.29, 1.82) is 0 Å². The van der Waals surface area contributed by atoms with Gasteiger partial charge in [-0.25, -0.2) is 26.9 Å². The number of halogens is 2. The molecule has 0 radical (unpaired) electrons. The third kappa shape index (κ3) is 3.58. The molecule has 5 nitrogen and oxygen atoms in total. The first kappa shape index (κ1) is 16.3. The number of hydrogen-bond donors (Lipinski definition) is 1. The van der Waals surface area contributed by atoms with E-state index in [-0.39, 0.29) is 11.4 Å². The van der Waals surface area contributed by atoms with Crippen LogP contribution in [-0.4, -0.2) is 27.5 Å². The fourth-order valence-corrected chi connectivity index (χ4v) is 2.89. The van der Waals surface area contributed by atoms with Gasteiger partial charge >= 0.3 is 0 Å². The van der Waals surface area contributed by atoms with Crippen LogP contribution in [0.15, 0.2) is 41.4 Å². The molecule has 2 rings (SSSR count). The van der Waals surface area contributed by atoms with Gasteiger partial charge in [0.2, 0.25) is 10.0 Å². The molecule has 0 aliphatic heterocycles. The predicted molar refractivity (Wildman–Crippen MR) is 78.9 cm³/mol. The maximum absolute atomic E-state index is 13.2. The van der Waals surface area contributed by atoms with Crippen molar-refractivity contribution in [1.82, 2.24) is 9.71 Å². The van der Waals surface area contributed by atoms with Gasteiger partial charge in [0.15, 0.2) is 11.6 Å². The third-order valence-electron chi connectivity index (χ3n) is 2.95. The summed E-state index contributed by atoms with van der Waals surface area (Å²) in [5.41, 5.74) is 0.665. The second-order valence-corrected chi connectivity index (χ2v) is 6.55. The normalized spacial score (nSPS) is 11.5. The van der Waals surface area contributed by atoms with Crippen LogP contribution in [0.4, 0.5) is 14.6 Å². The van der Waals surface area contributed by atoms with Gasteiger partial charge in [-0.1, -0.05) is 6.07 Å². The summed E-state index contributed by atoms with van der Waals surface area (Å²) < 4.78 is 52.6. The van der Waals surface area contributed by atoms with Crippen LogP contribution in [0.5, 0.6) is 0 Å². The van der Waals surface area contributed by atoms with Crippen molar-refractivity contribution >= 4 is 15.8 Å². The highest BCUT2D eigenvalue weighted by Crippen LogP contribution is 2.17. The Morgan fingerprint density at radius 2 is 1.91 bits per heavy atom. The van der Waals surface area contributed by atoms with Gasteiger partial charge in [-0.2, -0.15) is 0 Å². The largest absolute Gasteiger partial charge is 0.362 e. The lowest BCUT2D eigenvalue weighted by Gasteiger charge is -2.16. The maximum atomic E-state index is 13.2. The average molecular weight is 327 g/mol. The van der Waals surface area contributed by atoms with Gasteiger partial charge < -0.3 is 4.90 Å². The fraction of sp³-hybridized carbons (Fsp3) is 0.214. The smallest absolute Gasteiger partial charge is 0.240 e. The number of rotatable bonds is 5. The van der Waals surface area contributed by atoms with E-state index in [0.717, 1.165) is 12.1 Å². The van der Waals surface area contributed by atoms with Crippen LogP contribution in [0.3, 0.4) is 0 Å². The van der Waals surface area contributed by atoms with E-state index in [1.165, 1.54) is 0 Å². The van der Waals surface area contributed by atoms with Gasteiger partial charge in [-0.3, -0.25) is 0 Å². The van der Waals surface area contributed by atoms with Crippen molar-refractivity contribution in [3.05, 3.63) is 53.7 Å². The summed E-state index contributed by atoms with van der Waals surface area (Å²) in [6, 6.07) is 5.86. The number of nitrogens with one attached hydrogen (secondary N) is 1. The van der Waals surface area contributed by atoms with E-state index in [1.807, 2.05) is 0 Å². The predicted octanol–water partition coefficient (Wildman–Crippen LogP) is 1.90. The molecule has 118 valence electrons. The molecule has 1 aromatic heterocycles. The van der Waals surface area contributed by atoms with Crippen molar-refractivity contribution in [3.63, 3.8) is 0 Å². The molecule has 0 aliphatic rings. The zero-order valence-electron chi connectivity index (χ0n) is 12.0. The summed E-state index contributed by atoms with van der Waals surface area (Å²) in [4.78, 5) is 5.58. The van der Waals surface area contributed by atoms with E-state index in [9.17, 15) is 17.2 Å². The molecule has 0 spiro atoms. The van der Waals surface area contributed by atoms with Gasteiger partial charge in [-0.15, -0.1) is 0 Å². The second kappa shape index (κ2) is 6.37. The summed E-state index contributed by atoms with van der Waals surface area (Å²) in [5, 5.41) is 0. The summed E-state index contributed by atoms with van der Waals surface area (Å²) >= 11 is 0. The van der Waals surface area contributed by atoms with Crippen LogP contribution in [0, 0.1) is 11.6 Å². The van der Waals surface area contributed by atoms with Crippen molar-refractivity contribution < 1.29 is 17.2 Å². The monoisotopic (exact) mass is 327 g/mol. The zero-order chi connectivity index (χ0) is 16.3. The number of nitrogens with zero attached hydrogens (tertiary/aromatic N) is 2. The molecule has 0 unspecified atom stereocenters. The van der Waals surface area contributed by atoms with Crippen LogP contribution < -0.4 is 9.62 Å². The van der Waals surface area contributed by atoms with Crippen molar-refractivity contribution in [2.45, 2.75) is 11.4 Å². The molecule has 1 aromatic carbocycles. The minimum Gasteiger partial charge on any atom is -0.362 e. The van der Waals surface area contributed by atoms with E-state index in [0.29, 0.717) is 17.4 Å². The average Bonchev–Trinajstić information content (AvgIpc) is 2.48. The van der Waals surface area contributed by atoms with E-state index >= 15 is 0 Å². The van der Waals surface area contributed by atoms with Gasteiger partial charge in [0.25, 0.3) is 0 Å². The molecule has 0 atom stereocenters. The number of anilines is 1. The summed E-state index contributed by atoms with van der Waals surface area (Å²) in [6.07, 6.45) is 1.60. The Morgan fingerprint density at radius 3 is 2.55 bits per heavy atom. The SMILES string of the molecule is CN(C)c1ncccc1CNS(=O)(=O)c1ccc(F)c(F)c1. The number of sulfonamides is 1. The molecule has 0 amide bonds. The van der Waals surface area contributed by atoms with Crippen LogP contribution in [0.2, 0.25) is 0 Å². The highest BCUT2D eigenvalue weighted by Gasteiger charge is 2.17. The molecule has 0 fully saturated rings. The molecular weight excluding hydrogens is 312 g/mol. The highest BCUT2D eigenvalue weighted by atomic mass is 32.2. The van der Waals surface area contributed by atoms with Crippen LogP contribution >= 0.6 is 0 Å². The Labute approximate surface area is 127 Å². The van der Waals surface area contributed by atoms with E-state index < -0.39 is 21.7 Å². The molecular formula is C14H15F2N3O2S. The van der Waals surface area contributed by atoms with Gasteiger partial charge in [0.1, 0.15) is 5.82 Å². The third-order valence-corrected chi connectivity index (χ3v) is 4.34. The lowest BCUT2D eigenvalue weighted by atomic mass is 10.2. The van der Waals surface area contributed by atoms with Crippen LogP contribution in [0.25, 0.3) is 0 Å². The molecule has 8 heteroatoms. The maximum Gasteiger partial charge on any atom is 0.240 e. The molecule has 1 heterocycles. The summed E-state index contributed by atoms with van der Waals surface area (Å²) in [7, 11) is -0.368. The molecule has 0 saturated carbocycles. The van der Waals surface area contributed by atoms with Crippen LogP contribution in [-0.2, 0) is 16.6 Å². The molecule has 2 aromatic rings. The quantitative estimate of drug-likeness (QED) is 0.911. The van der Waals surface area contributed by atoms with E-state index in [4.69, 9.17) is 0 Å². The number of aromatic nitrogens is 1. The second-order valence-electron chi connectivity index (χ2n) is 4.78. The van der Waals surface area contributed by atoms with Gasteiger partial charge in [-0.05, 0) is 24.3 Å². The fourth-order valence-electron chi connectivity index (χ4n) is 1.87. The molecule has 0 saturated heterocycles. The van der Waals surface area contributed by atoms with Crippen molar-refractivity contribution in [3.8, 4) is 0 Å². The van der Waals surface area contributed by atoms with E-state index in [2.05, 4.69) is 9.71 Å². The highest BCUT2D eigenvalue weighted by molar-refractivity contribution is 7.89. The Morgan fingerprint density at radius 1 is 1.18 bits per heavy atom. The first-order valence-electron chi connectivity index (χ1n) is 6.37. The van der Waals surface area contributed by atoms with E-state index in [1.54, 1.807) is 37.3 Å².